The van der Waals surface area contributed by atoms with Gasteiger partial charge in [-0.1, -0.05) is 58.1 Å². The molecule has 0 rings (SSSR count). The van der Waals surface area contributed by atoms with Gasteiger partial charge < -0.3 is 4.79 Å². The van der Waals surface area contributed by atoms with E-state index in [1.54, 1.807) is 0 Å². The molecule has 1 nitrogen and oxygen atoms in total. The van der Waals surface area contributed by atoms with Crippen molar-refractivity contribution in [1.29, 1.82) is 0 Å². The maximum Gasteiger partial charge on any atom is 0.119 e. The van der Waals surface area contributed by atoms with Crippen LogP contribution in [-0.2, 0) is 4.79 Å². The van der Waals surface area contributed by atoms with Crippen molar-refractivity contribution < 1.29 is 4.79 Å². The van der Waals surface area contributed by atoms with Crippen LogP contribution in [0.3, 0.4) is 0 Å². The van der Waals surface area contributed by atoms with E-state index in [4.69, 9.17) is 0 Å². The van der Waals surface area contributed by atoms with Crippen molar-refractivity contribution in [2.75, 3.05) is 0 Å². The molecule has 0 aromatic rings. The second-order valence-electron chi connectivity index (χ2n) is 5.86. The molecule has 0 heterocycles. The molecule has 0 aromatic carbocycles. The van der Waals surface area contributed by atoms with Gasteiger partial charge in [-0.05, 0) is 11.2 Å². The molecule has 0 N–H and O–H groups in total. The van der Waals surface area contributed by atoms with Crippen LogP contribution in [0.15, 0.2) is 12.7 Å². The predicted octanol–water partition coefficient (Wildman–Crippen LogP) is 4.89. The Labute approximate surface area is 110 Å². The Morgan fingerprint density at radius 3 is 1.88 bits per heavy atom. The fourth-order valence-electron chi connectivity index (χ4n) is 3.50. The van der Waals surface area contributed by atoms with Gasteiger partial charge in [0.1, 0.15) is 6.29 Å². The predicted molar refractivity (Wildman–Crippen MR) is 84.1 cm³/mol. The second kappa shape index (κ2) is 7.32. The molecule has 0 bridgehead atoms. The lowest BCUT2D eigenvalue weighted by Gasteiger charge is -2.44. The minimum Gasteiger partial charge on any atom is -0.303 e. The summed E-state index contributed by atoms with van der Waals surface area (Å²) in [5.74, 6) is 0. The zero-order valence-electron chi connectivity index (χ0n) is 12.4. The summed E-state index contributed by atoms with van der Waals surface area (Å²) in [5, 5.41) is 0.727. The highest BCUT2D eigenvalue weighted by Gasteiger charge is 2.44. The van der Waals surface area contributed by atoms with Crippen molar-refractivity contribution in [3.8, 4) is 0 Å². The molecule has 0 aliphatic carbocycles. The van der Waals surface area contributed by atoms with Crippen LogP contribution in [0.25, 0.3) is 0 Å². The van der Waals surface area contributed by atoms with E-state index < -0.39 is 16.1 Å². The molecule has 0 saturated carbocycles. The van der Waals surface area contributed by atoms with Crippen molar-refractivity contribution in [3.05, 3.63) is 12.7 Å². The third kappa shape index (κ3) is 3.92. The minimum absolute atomic E-state index is 0.727. The molecule has 100 valence electrons. The number of hydrogen-bond donors (Lipinski definition) is 0. The first-order chi connectivity index (χ1) is 7.94. The quantitative estimate of drug-likeness (QED) is 0.331. The number of carbonyl (C=O) groups is 1. The Hall–Kier alpha value is -0.156. The molecule has 0 fully saturated rings. The summed E-state index contributed by atoms with van der Waals surface area (Å²) in [6.45, 7) is 15.8. The van der Waals surface area contributed by atoms with Gasteiger partial charge in [0.05, 0.1) is 16.1 Å². The van der Waals surface area contributed by atoms with Crippen LogP contribution in [0, 0.1) is 0 Å². The highest BCUT2D eigenvalue weighted by atomic mass is 28.4. The van der Waals surface area contributed by atoms with Crippen molar-refractivity contribution in [2.24, 2.45) is 0 Å². The van der Waals surface area contributed by atoms with Gasteiger partial charge in [-0.15, -0.1) is 6.58 Å². The van der Waals surface area contributed by atoms with Crippen molar-refractivity contribution in [2.45, 2.75) is 69.6 Å². The summed E-state index contributed by atoms with van der Waals surface area (Å²) in [6, 6.07) is 5.13. The van der Waals surface area contributed by atoms with Crippen molar-refractivity contribution in [1.82, 2.24) is 0 Å². The Bertz CT molecular complexity index is 236. The van der Waals surface area contributed by atoms with Gasteiger partial charge in [-0.25, -0.2) is 0 Å². The molecule has 0 radical (unpaired) electrons. The molecule has 0 spiro atoms. The van der Waals surface area contributed by atoms with E-state index in [2.05, 4.69) is 46.5 Å². The SMILES string of the molecule is C=CC[Si](C)(C)C(CC=O)[Si](CC)(CC)CC. The molecular formula is C14H30OSi2. The average molecular weight is 271 g/mol. The van der Waals surface area contributed by atoms with E-state index in [9.17, 15) is 4.79 Å². The maximum absolute atomic E-state index is 11.1. The smallest absolute Gasteiger partial charge is 0.119 e. The number of hydrogen-bond acceptors (Lipinski definition) is 1. The first kappa shape index (κ1) is 16.8. The summed E-state index contributed by atoms with van der Waals surface area (Å²) in [4.78, 5) is 11.1. The van der Waals surface area contributed by atoms with Gasteiger partial charge in [0.25, 0.3) is 0 Å². The number of allylic oxidation sites excluding steroid dienone is 1. The molecule has 1 unspecified atom stereocenters. The molecule has 1 atom stereocenters. The van der Waals surface area contributed by atoms with E-state index in [0.29, 0.717) is 0 Å². The molecule has 0 aliphatic rings. The number of rotatable bonds is 9. The second-order valence-corrected chi connectivity index (χ2v) is 17.1. The summed E-state index contributed by atoms with van der Waals surface area (Å²) < 4.78 is 0. The topological polar surface area (TPSA) is 17.1 Å². The maximum atomic E-state index is 11.1. The van der Waals surface area contributed by atoms with E-state index in [-0.39, 0.29) is 0 Å². The van der Waals surface area contributed by atoms with Gasteiger partial charge in [0.2, 0.25) is 0 Å². The Morgan fingerprint density at radius 1 is 1.12 bits per heavy atom. The highest BCUT2D eigenvalue weighted by Crippen LogP contribution is 2.43. The average Bonchev–Trinajstić information content (AvgIpc) is 2.30. The Kier molecular flexibility index (Phi) is 7.25. The fourth-order valence-corrected chi connectivity index (χ4v) is 17.7. The van der Waals surface area contributed by atoms with Crippen molar-refractivity contribution >= 4 is 22.4 Å². The molecule has 3 heteroatoms. The summed E-state index contributed by atoms with van der Waals surface area (Å²) >= 11 is 0. The number of aldehydes is 1. The van der Waals surface area contributed by atoms with Gasteiger partial charge in [0, 0.05) is 6.42 Å². The molecule has 0 saturated heterocycles. The summed E-state index contributed by atoms with van der Waals surface area (Å²) in [6.07, 6.45) is 4.05. The summed E-state index contributed by atoms with van der Waals surface area (Å²) in [5.41, 5.74) is 0. The zero-order chi connectivity index (χ0) is 13.5. The van der Waals surface area contributed by atoms with Gasteiger partial charge in [-0.3, -0.25) is 0 Å². The molecule has 0 aromatic heterocycles. The Morgan fingerprint density at radius 2 is 1.59 bits per heavy atom. The molecular weight excluding hydrogens is 240 g/mol. The van der Waals surface area contributed by atoms with E-state index in [1.807, 2.05) is 0 Å². The van der Waals surface area contributed by atoms with Crippen LogP contribution in [0.2, 0.25) is 42.4 Å². The van der Waals surface area contributed by atoms with E-state index in [1.165, 1.54) is 24.4 Å². The zero-order valence-corrected chi connectivity index (χ0v) is 14.4. The first-order valence-corrected chi connectivity index (χ1v) is 13.0. The fraction of sp³-hybridized carbons (Fsp3) is 0.786. The van der Waals surface area contributed by atoms with Crippen LogP contribution < -0.4 is 0 Å². The third-order valence-corrected chi connectivity index (χ3v) is 18.4. The highest BCUT2D eigenvalue weighted by molar-refractivity contribution is 6.98. The third-order valence-electron chi connectivity index (χ3n) is 4.80. The Balaban J connectivity index is 5.30. The monoisotopic (exact) mass is 270 g/mol. The largest absolute Gasteiger partial charge is 0.303 e. The normalized spacial score (nSPS) is 14.4. The van der Waals surface area contributed by atoms with Crippen LogP contribution in [0.5, 0.6) is 0 Å². The van der Waals surface area contributed by atoms with Gasteiger partial charge in [0.15, 0.2) is 0 Å². The van der Waals surface area contributed by atoms with Gasteiger partial charge >= 0.3 is 0 Å². The molecule has 0 amide bonds. The summed E-state index contributed by atoms with van der Waals surface area (Å²) in [7, 11) is -2.60. The number of carbonyl (C=O) groups excluding carboxylic acids is 1. The van der Waals surface area contributed by atoms with Crippen LogP contribution >= 0.6 is 0 Å². The first-order valence-electron chi connectivity index (χ1n) is 6.98. The van der Waals surface area contributed by atoms with E-state index >= 15 is 0 Å². The lowest BCUT2D eigenvalue weighted by molar-refractivity contribution is -0.107. The van der Waals surface area contributed by atoms with Gasteiger partial charge in [-0.2, -0.15) is 0 Å². The lowest BCUT2D eigenvalue weighted by Crippen LogP contribution is -2.50. The standard InChI is InChI=1S/C14H30OSi2/c1-7-13-16(5,6)14(11-12-15)17(8-2,9-3)10-4/h7,12,14H,1,8-11,13H2,2-6H3. The molecule has 17 heavy (non-hydrogen) atoms. The van der Waals surface area contributed by atoms with Crippen LogP contribution in [0.4, 0.5) is 0 Å². The van der Waals surface area contributed by atoms with Crippen molar-refractivity contribution in [3.63, 3.8) is 0 Å². The van der Waals surface area contributed by atoms with Crippen LogP contribution in [0.1, 0.15) is 27.2 Å². The molecule has 0 aliphatic heterocycles. The minimum atomic E-state index is -1.34. The van der Waals surface area contributed by atoms with Crippen LogP contribution in [-0.4, -0.2) is 22.4 Å². The lowest BCUT2D eigenvalue weighted by atomic mass is 10.5. The van der Waals surface area contributed by atoms with E-state index in [0.717, 1.165) is 17.6 Å².